The minimum Gasteiger partial charge on any atom is -0.381 e. The maximum Gasteiger partial charge on any atom is 0.193 e. The number of benzene rings is 2. The smallest absolute Gasteiger partial charge is 0.193 e. The van der Waals surface area contributed by atoms with Gasteiger partial charge in [-0.2, -0.15) is 0 Å². The molecule has 3 rings (SSSR count). The van der Waals surface area contributed by atoms with Crippen LogP contribution in [0.3, 0.4) is 0 Å². The number of carbonyl (C=O) groups excluding carboxylic acids is 1. The van der Waals surface area contributed by atoms with Crippen molar-refractivity contribution in [2.75, 3.05) is 13.2 Å². The fourth-order valence-electron chi connectivity index (χ4n) is 1.86. The molecule has 2 nitrogen and oxygen atoms in total. The van der Waals surface area contributed by atoms with Crippen molar-refractivity contribution < 1.29 is 9.53 Å². The SMILES string of the molecule is C1CCOC1.O=C(c1ccccc1)c1ccccc1.[Na]. The molecule has 1 radical (unpaired) electrons. The van der Waals surface area contributed by atoms with E-state index >= 15 is 0 Å². The fraction of sp³-hybridized carbons (Fsp3) is 0.235. The Kier molecular flexibility index (Phi) is 8.47. The molecule has 0 spiro atoms. The molecule has 3 heteroatoms. The van der Waals surface area contributed by atoms with Gasteiger partial charge in [0.05, 0.1) is 0 Å². The molecule has 0 aliphatic carbocycles. The van der Waals surface area contributed by atoms with Crippen LogP contribution in [-0.4, -0.2) is 48.6 Å². The summed E-state index contributed by atoms with van der Waals surface area (Å²) in [5.74, 6) is 0.0752. The molecule has 0 saturated carbocycles. The number of rotatable bonds is 2. The molecule has 0 atom stereocenters. The zero-order chi connectivity index (χ0) is 13.3. The van der Waals surface area contributed by atoms with Crippen LogP contribution in [0.5, 0.6) is 0 Å². The second-order valence-electron chi connectivity index (χ2n) is 4.38. The van der Waals surface area contributed by atoms with Crippen LogP contribution in [0.1, 0.15) is 28.8 Å². The van der Waals surface area contributed by atoms with Gasteiger partial charge in [0, 0.05) is 53.9 Å². The predicted molar refractivity (Wildman–Crippen MR) is 82.1 cm³/mol. The summed E-state index contributed by atoms with van der Waals surface area (Å²) in [7, 11) is 0. The molecule has 99 valence electrons. The molecule has 0 unspecified atom stereocenters. The van der Waals surface area contributed by atoms with Gasteiger partial charge in [-0.1, -0.05) is 60.7 Å². The average Bonchev–Trinajstić information content (AvgIpc) is 3.08. The topological polar surface area (TPSA) is 26.3 Å². The van der Waals surface area contributed by atoms with Gasteiger partial charge < -0.3 is 4.74 Å². The number of carbonyl (C=O) groups is 1. The molecule has 20 heavy (non-hydrogen) atoms. The van der Waals surface area contributed by atoms with E-state index in [9.17, 15) is 4.79 Å². The molecular weight excluding hydrogens is 259 g/mol. The van der Waals surface area contributed by atoms with E-state index in [-0.39, 0.29) is 35.3 Å². The van der Waals surface area contributed by atoms with Crippen LogP contribution < -0.4 is 0 Å². The molecule has 1 aliphatic rings. The average molecular weight is 277 g/mol. The van der Waals surface area contributed by atoms with Crippen LogP contribution in [0, 0.1) is 0 Å². The summed E-state index contributed by atoms with van der Waals surface area (Å²) in [4.78, 5) is 11.8. The van der Waals surface area contributed by atoms with Crippen LogP contribution in [-0.2, 0) is 4.74 Å². The van der Waals surface area contributed by atoms with Crippen molar-refractivity contribution in [3.63, 3.8) is 0 Å². The van der Waals surface area contributed by atoms with Crippen molar-refractivity contribution in [1.82, 2.24) is 0 Å². The number of hydrogen-bond acceptors (Lipinski definition) is 2. The molecule has 1 heterocycles. The van der Waals surface area contributed by atoms with Gasteiger partial charge >= 0.3 is 0 Å². The molecule has 2 aromatic rings. The van der Waals surface area contributed by atoms with Gasteiger partial charge in [0.25, 0.3) is 0 Å². The number of ketones is 1. The Morgan fingerprint density at radius 3 is 1.45 bits per heavy atom. The first-order valence-electron chi connectivity index (χ1n) is 6.60. The van der Waals surface area contributed by atoms with Crippen LogP contribution in [0.15, 0.2) is 60.7 Å². The minimum atomic E-state index is 0. The van der Waals surface area contributed by atoms with Gasteiger partial charge in [0.1, 0.15) is 0 Å². The van der Waals surface area contributed by atoms with Gasteiger partial charge in [0.2, 0.25) is 0 Å². The molecule has 0 aromatic heterocycles. The van der Waals surface area contributed by atoms with Gasteiger partial charge in [-0.15, -0.1) is 0 Å². The molecule has 1 aliphatic heterocycles. The summed E-state index contributed by atoms with van der Waals surface area (Å²) in [5.41, 5.74) is 1.47. The monoisotopic (exact) mass is 277 g/mol. The quantitative estimate of drug-likeness (QED) is 0.621. The zero-order valence-electron chi connectivity index (χ0n) is 11.9. The van der Waals surface area contributed by atoms with E-state index in [1.165, 1.54) is 12.8 Å². The van der Waals surface area contributed by atoms with Crippen molar-refractivity contribution in [3.8, 4) is 0 Å². The molecule has 1 fully saturated rings. The third-order valence-corrected chi connectivity index (χ3v) is 2.90. The minimum absolute atomic E-state index is 0. The summed E-state index contributed by atoms with van der Waals surface area (Å²) in [5, 5.41) is 0. The molecule has 2 aromatic carbocycles. The van der Waals surface area contributed by atoms with Gasteiger partial charge in [-0.3, -0.25) is 4.79 Å². The van der Waals surface area contributed by atoms with Crippen molar-refractivity contribution in [2.24, 2.45) is 0 Å². The Hall–Kier alpha value is -0.930. The van der Waals surface area contributed by atoms with Crippen LogP contribution in [0.2, 0.25) is 0 Å². The number of hydrogen-bond donors (Lipinski definition) is 0. The number of ether oxygens (including phenoxy) is 1. The molecule has 0 bridgehead atoms. The Labute approximate surface area is 142 Å². The molecule has 0 N–H and O–H groups in total. The van der Waals surface area contributed by atoms with Gasteiger partial charge in [-0.25, -0.2) is 0 Å². The van der Waals surface area contributed by atoms with Crippen LogP contribution >= 0.6 is 0 Å². The van der Waals surface area contributed by atoms with Gasteiger partial charge in [-0.05, 0) is 12.8 Å². The van der Waals surface area contributed by atoms with E-state index in [1.807, 2.05) is 60.7 Å². The summed E-state index contributed by atoms with van der Waals surface area (Å²) >= 11 is 0. The van der Waals surface area contributed by atoms with E-state index in [2.05, 4.69) is 0 Å². The normalized spacial score (nSPS) is 12.8. The van der Waals surface area contributed by atoms with Crippen LogP contribution in [0.4, 0.5) is 0 Å². The van der Waals surface area contributed by atoms with Crippen LogP contribution in [0.25, 0.3) is 0 Å². The maximum absolute atomic E-state index is 11.8. The fourth-order valence-corrected chi connectivity index (χ4v) is 1.86. The Bertz CT molecular complexity index is 444. The molecule has 0 amide bonds. The molecule has 1 saturated heterocycles. The Morgan fingerprint density at radius 1 is 0.750 bits per heavy atom. The first-order valence-corrected chi connectivity index (χ1v) is 6.60. The second-order valence-corrected chi connectivity index (χ2v) is 4.38. The summed E-state index contributed by atoms with van der Waals surface area (Å²) in [6.45, 7) is 2.00. The van der Waals surface area contributed by atoms with E-state index in [4.69, 9.17) is 4.74 Å². The largest absolute Gasteiger partial charge is 0.381 e. The van der Waals surface area contributed by atoms with E-state index in [0.29, 0.717) is 0 Å². The van der Waals surface area contributed by atoms with Gasteiger partial charge in [0.15, 0.2) is 5.78 Å². The third-order valence-electron chi connectivity index (χ3n) is 2.90. The zero-order valence-corrected chi connectivity index (χ0v) is 13.9. The summed E-state index contributed by atoms with van der Waals surface area (Å²) in [6.07, 6.45) is 2.56. The summed E-state index contributed by atoms with van der Waals surface area (Å²) in [6, 6.07) is 18.6. The van der Waals surface area contributed by atoms with Crippen molar-refractivity contribution in [3.05, 3.63) is 71.8 Å². The first kappa shape index (κ1) is 17.1. The first-order chi connectivity index (χ1) is 9.38. The predicted octanol–water partition coefficient (Wildman–Crippen LogP) is 3.33. The van der Waals surface area contributed by atoms with Crippen molar-refractivity contribution in [1.29, 1.82) is 0 Å². The van der Waals surface area contributed by atoms with E-state index < -0.39 is 0 Å². The van der Waals surface area contributed by atoms with Crippen molar-refractivity contribution in [2.45, 2.75) is 12.8 Å². The van der Waals surface area contributed by atoms with E-state index in [1.54, 1.807) is 0 Å². The third kappa shape index (κ3) is 5.59. The summed E-state index contributed by atoms with van der Waals surface area (Å²) < 4.78 is 4.94. The Balaban J connectivity index is 0.000000283. The van der Waals surface area contributed by atoms with E-state index in [0.717, 1.165) is 24.3 Å². The second kappa shape index (κ2) is 9.89. The molecular formula is C17H18NaO2. The standard InChI is InChI=1S/C13H10O.C4H8O.Na/c14-13(11-7-3-1-4-8-11)12-9-5-2-6-10-12;1-2-4-5-3-1;/h1-10H;1-4H2;. The van der Waals surface area contributed by atoms with Crippen molar-refractivity contribution >= 4 is 35.3 Å². The Morgan fingerprint density at radius 2 is 1.15 bits per heavy atom. The maximum atomic E-state index is 11.8.